The molecule has 1 aromatic heterocycles. The number of hydrogen-bond donors (Lipinski definition) is 7. The maximum atomic E-state index is 12.7. The standard InChI is InChI=1S/C21H29N5O6S/c1-33-7-6-16(20(30)24-10-18(28)25-17(11-27)21(31)32)26-19(29)14(22)8-12-9-23-15-5-3-2-4-13(12)15/h2-5,9,14,16-17,23,27H,6-8,10-11,22H2,1H3,(H,24,30)(H,25,28)(H,26,29)(H,31,32). The van der Waals surface area contributed by atoms with Crippen LogP contribution in [0.4, 0.5) is 0 Å². The van der Waals surface area contributed by atoms with Crippen molar-refractivity contribution in [2.75, 3.05) is 25.2 Å². The minimum atomic E-state index is -1.47. The van der Waals surface area contributed by atoms with Crippen LogP contribution in [0.25, 0.3) is 10.9 Å². The molecule has 0 fully saturated rings. The third-order valence-corrected chi connectivity index (χ3v) is 5.58. The zero-order valence-electron chi connectivity index (χ0n) is 18.2. The van der Waals surface area contributed by atoms with Gasteiger partial charge in [0.05, 0.1) is 19.2 Å². The normalized spacial score (nSPS) is 13.7. The van der Waals surface area contributed by atoms with E-state index in [1.807, 2.05) is 30.5 Å². The van der Waals surface area contributed by atoms with Crippen molar-refractivity contribution in [3.8, 4) is 0 Å². The predicted octanol–water partition coefficient (Wildman–Crippen LogP) is -1.05. The molecule has 0 bridgehead atoms. The van der Waals surface area contributed by atoms with Gasteiger partial charge in [0.25, 0.3) is 0 Å². The van der Waals surface area contributed by atoms with Gasteiger partial charge in [-0.2, -0.15) is 11.8 Å². The number of hydrogen-bond acceptors (Lipinski definition) is 7. The molecule has 33 heavy (non-hydrogen) atoms. The zero-order valence-corrected chi connectivity index (χ0v) is 19.0. The molecule has 1 aromatic carbocycles. The lowest BCUT2D eigenvalue weighted by atomic mass is 10.0. The molecule has 3 atom stereocenters. The molecule has 8 N–H and O–H groups in total. The van der Waals surface area contributed by atoms with E-state index >= 15 is 0 Å². The molecular weight excluding hydrogens is 450 g/mol. The quantitative estimate of drug-likeness (QED) is 0.190. The van der Waals surface area contributed by atoms with Crippen LogP contribution in [-0.2, 0) is 25.6 Å². The molecule has 1 heterocycles. The second-order valence-corrected chi connectivity index (χ2v) is 8.36. The Kier molecular flexibility index (Phi) is 10.2. The van der Waals surface area contributed by atoms with Crippen LogP contribution in [0.1, 0.15) is 12.0 Å². The van der Waals surface area contributed by atoms with E-state index in [0.29, 0.717) is 12.2 Å². The summed E-state index contributed by atoms with van der Waals surface area (Å²) in [5.41, 5.74) is 7.90. The Morgan fingerprint density at radius 1 is 1.12 bits per heavy atom. The van der Waals surface area contributed by atoms with Crippen molar-refractivity contribution in [1.82, 2.24) is 20.9 Å². The van der Waals surface area contributed by atoms with Crippen LogP contribution in [0.15, 0.2) is 30.5 Å². The van der Waals surface area contributed by atoms with Gasteiger partial charge in [-0.05, 0) is 36.5 Å². The van der Waals surface area contributed by atoms with Gasteiger partial charge in [-0.15, -0.1) is 0 Å². The predicted molar refractivity (Wildman–Crippen MR) is 125 cm³/mol. The van der Waals surface area contributed by atoms with E-state index in [9.17, 15) is 19.2 Å². The molecule has 0 saturated carbocycles. The van der Waals surface area contributed by atoms with Crippen LogP contribution in [-0.4, -0.2) is 82.2 Å². The molecule has 180 valence electrons. The summed E-state index contributed by atoms with van der Waals surface area (Å²) in [5.74, 6) is -2.70. The van der Waals surface area contributed by atoms with E-state index in [4.69, 9.17) is 15.9 Å². The van der Waals surface area contributed by atoms with E-state index in [1.54, 1.807) is 6.20 Å². The lowest BCUT2D eigenvalue weighted by Crippen LogP contribution is -2.54. The van der Waals surface area contributed by atoms with E-state index in [0.717, 1.165) is 16.5 Å². The number of thioether (sulfide) groups is 1. The first-order valence-electron chi connectivity index (χ1n) is 10.3. The van der Waals surface area contributed by atoms with Crippen LogP contribution in [0, 0.1) is 0 Å². The fraction of sp³-hybridized carbons (Fsp3) is 0.429. The number of benzene rings is 1. The summed E-state index contributed by atoms with van der Waals surface area (Å²) in [6.45, 7) is -1.29. The number of aliphatic hydroxyl groups is 1. The van der Waals surface area contributed by atoms with Crippen LogP contribution in [0.5, 0.6) is 0 Å². The highest BCUT2D eigenvalue weighted by Gasteiger charge is 2.25. The first-order chi connectivity index (χ1) is 15.8. The number of aromatic nitrogens is 1. The average Bonchev–Trinajstić information content (AvgIpc) is 3.20. The van der Waals surface area contributed by atoms with Crippen LogP contribution < -0.4 is 21.7 Å². The van der Waals surface area contributed by atoms with Crippen molar-refractivity contribution in [3.63, 3.8) is 0 Å². The summed E-state index contributed by atoms with van der Waals surface area (Å²) in [4.78, 5) is 51.1. The third kappa shape index (κ3) is 7.77. The number of nitrogens with two attached hydrogens (primary N) is 1. The van der Waals surface area contributed by atoms with Crippen LogP contribution >= 0.6 is 11.8 Å². The second kappa shape index (κ2) is 12.8. The monoisotopic (exact) mass is 479 g/mol. The van der Waals surface area contributed by atoms with Gasteiger partial charge in [-0.1, -0.05) is 18.2 Å². The van der Waals surface area contributed by atoms with Gasteiger partial charge in [0.1, 0.15) is 12.1 Å². The van der Waals surface area contributed by atoms with E-state index in [2.05, 4.69) is 20.9 Å². The molecule has 0 spiro atoms. The summed E-state index contributed by atoms with van der Waals surface area (Å²) in [6, 6.07) is 4.36. The van der Waals surface area contributed by atoms with Crippen LogP contribution in [0.2, 0.25) is 0 Å². The molecule has 0 aliphatic carbocycles. The molecule has 11 nitrogen and oxygen atoms in total. The Balaban J connectivity index is 1.94. The summed E-state index contributed by atoms with van der Waals surface area (Å²) in [7, 11) is 0. The number of carboxylic acid groups (broad SMARTS) is 1. The highest BCUT2D eigenvalue weighted by Crippen LogP contribution is 2.18. The third-order valence-electron chi connectivity index (χ3n) is 4.93. The fourth-order valence-electron chi connectivity index (χ4n) is 3.13. The van der Waals surface area contributed by atoms with Gasteiger partial charge in [0.15, 0.2) is 0 Å². The van der Waals surface area contributed by atoms with E-state index < -0.39 is 55.0 Å². The van der Waals surface area contributed by atoms with Crippen molar-refractivity contribution < 1.29 is 29.4 Å². The number of carboxylic acids is 1. The van der Waals surface area contributed by atoms with Crippen LogP contribution in [0.3, 0.4) is 0 Å². The molecule has 12 heteroatoms. The first kappa shape index (κ1) is 26.2. The lowest BCUT2D eigenvalue weighted by molar-refractivity contribution is -0.142. The molecule has 3 unspecified atom stereocenters. The number of carbonyl (C=O) groups is 4. The van der Waals surface area contributed by atoms with Crippen molar-refractivity contribution >= 4 is 46.4 Å². The Hall–Kier alpha value is -3.09. The number of aliphatic carboxylic acids is 1. The van der Waals surface area contributed by atoms with Gasteiger partial charge in [-0.3, -0.25) is 14.4 Å². The molecule has 0 saturated heterocycles. The largest absolute Gasteiger partial charge is 0.480 e. The molecule has 2 rings (SSSR count). The Morgan fingerprint density at radius 3 is 2.52 bits per heavy atom. The fourth-order valence-corrected chi connectivity index (χ4v) is 3.61. The molecule has 2 aromatic rings. The number of para-hydroxylation sites is 1. The van der Waals surface area contributed by atoms with Crippen molar-refractivity contribution in [2.24, 2.45) is 5.73 Å². The molecular formula is C21H29N5O6S. The number of fused-ring (bicyclic) bond motifs is 1. The SMILES string of the molecule is CSCCC(NC(=O)C(N)Cc1c[nH]c2ccccc12)C(=O)NCC(=O)NC(CO)C(=O)O. The van der Waals surface area contributed by atoms with Gasteiger partial charge >= 0.3 is 5.97 Å². The summed E-state index contributed by atoms with van der Waals surface area (Å²) in [5, 5.41) is 25.9. The van der Waals surface area contributed by atoms with E-state index in [-0.39, 0.29) is 6.42 Å². The number of nitrogens with one attached hydrogen (secondary N) is 4. The van der Waals surface area contributed by atoms with Gasteiger partial charge in [-0.25, -0.2) is 4.79 Å². The van der Waals surface area contributed by atoms with E-state index in [1.165, 1.54) is 11.8 Å². The summed E-state index contributed by atoms with van der Waals surface area (Å²) >= 11 is 1.49. The maximum Gasteiger partial charge on any atom is 0.328 e. The number of amides is 3. The number of aromatic amines is 1. The topological polar surface area (TPSA) is 187 Å². The minimum absolute atomic E-state index is 0.271. The highest BCUT2D eigenvalue weighted by atomic mass is 32.2. The molecule has 0 aliphatic heterocycles. The van der Waals surface area contributed by atoms with Crippen molar-refractivity contribution in [1.29, 1.82) is 0 Å². The Morgan fingerprint density at radius 2 is 1.85 bits per heavy atom. The average molecular weight is 480 g/mol. The maximum absolute atomic E-state index is 12.7. The van der Waals surface area contributed by atoms with Crippen molar-refractivity contribution in [2.45, 2.75) is 31.0 Å². The Bertz CT molecular complexity index is 981. The highest BCUT2D eigenvalue weighted by molar-refractivity contribution is 7.98. The van der Waals surface area contributed by atoms with Crippen molar-refractivity contribution in [3.05, 3.63) is 36.0 Å². The molecule has 0 aliphatic rings. The molecule has 0 radical (unpaired) electrons. The zero-order chi connectivity index (χ0) is 24.4. The summed E-state index contributed by atoms with van der Waals surface area (Å²) < 4.78 is 0. The Labute approximate surface area is 194 Å². The van der Waals surface area contributed by atoms with Gasteiger partial charge in [0, 0.05) is 17.1 Å². The van der Waals surface area contributed by atoms with Gasteiger partial charge in [0.2, 0.25) is 17.7 Å². The number of rotatable bonds is 13. The minimum Gasteiger partial charge on any atom is -0.480 e. The molecule has 3 amide bonds. The summed E-state index contributed by atoms with van der Waals surface area (Å²) in [6.07, 6.45) is 4.24. The smallest absolute Gasteiger partial charge is 0.328 e. The second-order valence-electron chi connectivity index (χ2n) is 7.37. The first-order valence-corrected chi connectivity index (χ1v) is 11.7. The number of H-pyrrole nitrogens is 1. The van der Waals surface area contributed by atoms with Gasteiger partial charge < -0.3 is 36.9 Å². The number of aliphatic hydroxyl groups excluding tert-OH is 1. The number of carbonyl (C=O) groups excluding carboxylic acids is 3. The lowest BCUT2D eigenvalue weighted by Gasteiger charge is -2.20.